The summed E-state index contributed by atoms with van der Waals surface area (Å²) in [4.78, 5) is 23.4. The van der Waals surface area contributed by atoms with Gasteiger partial charge in [0.05, 0.1) is 0 Å². The Balaban J connectivity index is 1.67. The number of hydrogen-bond acceptors (Lipinski definition) is 5. The van der Waals surface area contributed by atoms with Gasteiger partial charge in [0.15, 0.2) is 0 Å². The van der Waals surface area contributed by atoms with Gasteiger partial charge in [-0.25, -0.2) is 0 Å². The minimum atomic E-state index is -0.480. The number of rotatable bonds is 8. The molecule has 0 aromatic heterocycles. The molecular formula is C27H35NO5. The second-order valence-electron chi connectivity index (χ2n) is 9.12. The molecule has 6 heteroatoms. The SMILES string of the molecule is CCCCC(=O)Nc1ccc(OCC2(C)CCc3c(C)c(OC(C)=O)c(C)c(C)c3O2)cc1. The van der Waals surface area contributed by atoms with Gasteiger partial charge in [0.1, 0.15) is 29.5 Å². The molecule has 0 fully saturated rings. The van der Waals surface area contributed by atoms with Crippen molar-refractivity contribution in [1.82, 2.24) is 0 Å². The quantitative estimate of drug-likeness (QED) is 0.402. The molecule has 0 aliphatic carbocycles. The van der Waals surface area contributed by atoms with Gasteiger partial charge in [0.2, 0.25) is 5.91 Å². The lowest BCUT2D eigenvalue weighted by molar-refractivity contribution is -0.132. The minimum Gasteiger partial charge on any atom is -0.489 e. The Hall–Kier alpha value is -3.02. The standard InChI is InChI=1S/C27H35NO5/c1-7-8-9-24(30)28-21-10-12-22(13-11-21)31-16-27(6)15-14-23-19(4)25(32-20(5)29)17(2)18(3)26(23)33-27/h10-13H,7-9,14-16H2,1-6H3,(H,28,30). The van der Waals surface area contributed by atoms with Gasteiger partial charge in [0, 0.05) is 24.6 Å². The Labute approximate surface area is 196 Å². The third-order valence-electron chi connectivity index (χ3n) is 6.25. The average molecular weight is 454 g/mol. The van der Waals surface area contributed by atoms with Gasteiger partial charge >= 0.3 is 5.97 Å². The van der Waals surface area contributed by atoms with Crippen molar-refractivity contribution >= 4 is 17.6 Å². The van der Waals surface area contributed by atoms with Crippen molar-refractivity contribution < 1.29 is 23.8 Å². The van der Waals surface area contributed by atoms with Gasteiger partial charge in [0.25, 0.3) is 0 Å². The number of nitrogens with one attached hydrogen (secondary N) is 1. The molecule has 0 spiro atoms. The number of esters is 1. The van der Waals surface area contributed by atoms with Crippen LogP contribution >= 0.6 is 0 Å². The lowest BCUT2D eigenvalue weighted by atomic mass is 9.87. The van der Waals surface area contributed by atoms with Crippen LogP contribution in [-0.2, 0) is 16.0 Å². The highest BCUT2D eigenvalue weighted by atomic mass is 16.5. The molecule has 1 aliphatic heterocycles. The van der Waals surface area contributed by atoms with Crippen LogP contribution in [0, 0.1) is 20.8 Å². The predicted molar refractivity (Wildman–Crippen MR) is 129 cm³/mol. The highest BCUT2D eigenvalue weighted by Gasteiger charge is 2.35. The molecule has 0 bridgehead atoms. The molecule has 3 rings (SSSR count). The summed E-state index contributed by atoms with van der Waals surface area (Å²) in [7, 11) is 0. The van der Waals surface area contributed by atoms with E-state index in [1.807, 2.05) is 45.0 Å². The van der Waals surface area contributed by atoms with Crippen molar-refractivity contribution in [3.05, 3.63) is 46.5 Å². The molecule has 1 unspecified atom stereocenters. The molecule has 1 N–H and O–H groups in total. The number of unbranched alkanes of at least 4 members (excludes halogenated alkanes) is 1. The number of fused-ring (bicyclic) bond motifs is 1. The highest BCUT2D eigenvalue weighted by molar-refractivity contribution is 5.90. The Morgan fingerprint density at radius 2 is 1.79 bits per heavy atom. The lowest BCUT2D eigenvalue weighted by Gasteiger charge is -2.37. The van der Waals surface area contributed by atoms with Crippen molar-refractivity contribution in [2.45, 2.75) is 79.2 Å². The van der Waals surface area contributed by atoms with Crippen LogP contribution in [0.5, 0.6) is 17.2 Å². The van der Waals surface area contributed by atoms with E-state index in [2.05, 4.69) is 19.2 Å². The first kappa shape index (κ1) is 24.6. The van der Waals surface area contributed by atoms with Gasteiger partial charge in [-0.05, 0) is 87.9 Å². The normalized spacial score (nSPS) is 17.0. The maximum atomic E-state index is 11.9. The fourth-order valence-electron chi connectivity index (χ4n) is 4.11. The predicted octanol–water partition coefficient (Wildman–Crippen LogP) is 5.83. The van der Waals surface area contributed by atoms with Gasteiger partial charge < -0.3 is 19.5 Å². The number of anilines is 1. The van der Waals surface area contributed by atoms with Gasteiger partial charge in [-0.3, -0.25) is 9.59 Å². The Kier molecular flexibility index (Phi) is 7.67. The van der Waals surface area contributed by atoms with E-state index in [1.54, 1.807) is 0 Å². The average Bonchev–Trinajstić information content (AvgIpc) is 2.78. The summed E-state index contributed by atoms with van der Waals surface area (Å²) in [5.41, 5.74) is 4.25. The molecule has 1 atom stereocenters. The van der Waals surface area contributed by atoms with Crippen LogP contribution in [0.25, 0.3) is 0 Å². The van der Waals surface area contributed by atoms with E-state index < -0.39 is 5.60 Å². The number of carbonyl (C=O) groups excluding carboxylic acids is 2. The van der Waals surface area contributed by atoms with E-state index >= 15 is 0 Å². The second kappa shape index (κ2) is 10.3. The zero-order valence-corrected chi connectivity index (χ0v) is 20.6. The molecule has 2 aromatic carbocycles. The van der Waals surface area contributed by atoms with Gasteiger partial charge in [-0.15, -0.1) is 0 Å². The van der Waals surface area contributed by atoms with Crippen LogP contribution in [0.1, 0.15) is 68.7 Å². The van der Waals surface area contributed by atoms with E-state index in [0.29, 0.717) is 18.8 Å². The molecule has 0 radical (unpaired) electrons. The smallest absolute Gasteiger partial charge is 0.308 e. The zero-order chi connectivity index (χ0) is 24.2. The van der Waals surface area contributed by atoms with Gasteiger partial charge in [-0.1, -0.05) is 13.3 Å². The van der Waals surface area contributed by atoms with E-state index in [0.717, 1.165) is 65.1 Å². The van der Waals surface area contributed by atoms with Crippen molar-refractivity contribution in [3.8, 4) is 17.2 Å². The number of ether oxygens (including phenoxy) is 3. The van der Waals surface area contributed by atoms with Crippen LogP contribution in [-0.4, -0.2) is 24.1 Å². The number of amides is 1. The summed E-state index contributed by atoms with van der Waals surface area (Å²) in [5.74, 6) is 1.95. The van der Waals surface area contributed by atoms with Crippen molar-refractivity contribution in [2.24, 2.45) is 0 Å². The Morgan fingerprint density at radius 1 is 1.09 bits per heavy atom. The molecule has 0 saturated carbocycles. The second-order valence-corrected chi connectivity index (χ2v) is 9.12. The maximum Gasteiger partial charge on any atom is 0.308 e. The minimum absolute atomic E-state index is 0.0325. The van der Waals surface area contributed by atoms with Crippen LogP contribution < -0.4 is 19.5 Å². The topological polar surface area (TPSA) is 73.9 Å². The molecule has 0 saturated heterocycles. The third kappa shape index (κ3) is 5.86. The Bertz CT molecular complexity index is 1030. The number of benzene rings is 2. The molecule has 1 amide bonds. The molecule has 1 aliphatic rings. The first-order valence-corrected chi connectivity index (χ1v) is 11.7. The van der Waals surface area contributed by atoms with E-state index in [9.17, 15) is 9.59 Å². The molecule has 1 heterocycles. The number of carbonyl (C=O) groups is 2. The molecule has 33 heavy (non-hydrogen) atoms. The monoisotopic (exact) mass is 453 g/mol. The summed E-state index contributed by atoms with van der Waals surface area (Å²) in [6, 6.07) is 7.43. The zero-order valence-electron chi connectivity index (χ0n) is 20.6. The summed E-state index contributed by atoms with van der Waals surface area (Å²) in [5, 5.41) is 2.91. The molecular weight excluding hydrogens is 418 g/mol. The third-order valence-corrected chi connectivity index (χ3v) is 6.25. The van der Waals surface area contributed by atoms with Crippen LogP contribution in [0.15, 0.2) is 24.3 Å². The largest absolute Gasteiger partial charge is 0.489 e. The molecule has 178 valence electrons. The number of hydrogen-bond donors (Lipinski definition) is 1. The summed E-state index contributed by atoms with van der Waals surface area (Å²) < 4.78 is 18.0. The van der Waals surface area contributed by atoms with Crippen molar-refractivity contribution in [2.75, 3.05) is 11.9 Å². The van der Waals surface area contributed by atoms with E-state index in [4.69, 9.17) is 14.2 Å². The van der Waals surface area contributed by atoms with Crippen LogP contribution in [0.3, 0.4) is 0 Å². The Morgan fingerprint density at radius 3 is 2.42 bits per heavy atom. The first-order chi connectivity index (χ1) is 15.6. The first-order valence-electron chi connectivity index (χ1n) is 11.7. The van der Waals surface area contributed by atoms with E-state index in [1.165, 1.54) is 6.92 Å². The maximum absolute atomic E-state index is 11.9. The summed E-state index contributed by atoms with van der Waals surface area (Å²) in [6.07, 6.45) is 4.02. The van der Waals surface area contributed by atoms with Crippen molar-refractivity contribution in [1.29, 1.82) is 0 Å². The van der Waals surface area contributed by atoms with E-state index in [-0.39, 0.29) is 11.9 Å². The fourth-order valence-corrected chi connectivity index (χ4v) is 4.11. The fraction of sp³-hybridized carbons (Fsp3) is 0.481. The lowest BCUT2D eigenvalue weighted by Crippen LogP contribution is -2.42. The molecule has 6 nitrogen and oxygen atoms in total. The van der Waals surface area contributed by atoms with Crippen LogP contribution in [0.2, 0.25) is 0 Å². The van der Waals surface area contributed by atoms with Crippen LogP contribution in [0.4, 0.5) is 5.69 Å². The summed E-state index contributed by atoms with van der Waals surface area (Å²) in [6.45, 7) is 11.9. The van der Waals surface area contributed by atoms with Gasteiger partial charge in [-0.2, -0.15) is 0 Å². The highest BCUT2D eigenvalue weighted by Crippen LogP contribution is 2.44. The summed E-state index contributed by atoms with van der Waals surface area (Å²) >= 11 is 0. The molecule has 2 aromatic rings. The van der Waals surface area contributed by atoms with Crippen molar-refractivity contribution in [3.63, 3.8) is 0 Å².